The summed E-state index contributed by atoms with van der Waals surface area (Å²) in [5.74, 6) is 1.01. The lowest BCUT2D eigenvalue weighted by atomic mass is 10.1. The number of imidazole rings is 1. The molecular formula is C21H21N7O. The Hall–Kier alpha value is -3.81. The third-order valence-electron chi connectivity index (χ3n) is 4.60. The molecule has 0 saturated heterocycles. The zero-order chi connectivity index (χ0) is 20.2. The lowest BCUT2D eigenvalue weighted by molar-refractivity contribution is -0.122. The number of tetrazole rings is 1. The van der Waals surface area contributed by atoms with Crippen LogP contribution in [0.5, 0.6) is 0 Å². The van der Waals surface area contributed by atoms with Gasteiger partial charge in [0.25, 0.3) is 0 Å². The molecule has 1 atom stereocenters. The van der Waals surface area contributed by atoms with Gasteiger partial charge in [-0.2, -0.15) is 4.80 Å². The molecule has 0 bridgehead atoms. The van der Waals surface area contributed by atoms with E-state index in [9.17, 15) is 4.79 Å². The number of rotatable bonds is 6. The highest BCUT2D eigenvalue weighted by Crippen LogP contribution is 2.20. The second kappa shape index (κ2) is 8.05. The smallest absolute Gasteiger partial charge is 0.244 e. The molecule has 0 spiro atoms. The number of hydrogen-bond acceptors (Lipinski definition) is 5. The van der Waals surface area contributed by atoms with Crippen LogP contribution in [0.4, 0.5) is 0 Å². The highest BCUT2D eigenvalue weighted by molar-refractivity contribution is 5.76. The zero-order valence-electron chi connectivity index (χ0n) is 16.2. The van der Waals surface area contributed by atoms with Gasteiger partial charge in [0.2, 0.25) is 11.7 Å². The van der Waals surface area contributed by atoms with E-state index in [4.69, 9.17) is 0 Å². The minimum Gasteiger partial charge on any atom is -0.340 e. The maximum Gasteiger partial charge on any atom is 0.244 e. The Balaban J connectivity index is 1.50. The van der Waals surface area contributed by atoms with Gasteiger partial charge < -0.3 is 9.88 Å². The second-order valence-electron chi connectivity index (χ2n) is 6.82. The first kappa shape index (κ1) is 18.5. The van der Waals surface area contributed by atoms with Crippen molar-refractivity contribution in [3.63, 3.8) is 0 Å². The number of aromatic nitrogens is 6. The molecule has 2 aromatic carbocycles. The van der Waals surface area contributed by atoms with Crippen LogP contribution in [0.2, 0.25) is 0 Å². The lowest BCUT2D eigenvalue weighted by Crippen LogP contribution is -2.34. The quantitative estimate of drug-likeness (QED) is 0.548. The van der Waals surface area contributed by atoms with Crippen molar-refractivity contribution in [2.75, 3.05) is 0 Å². The predicted molar refractivity (Wildman–Crippen MR) is 108 cm³/mol. The molecule has 0 radical (unpaired) electrons. The van der Waals surface area contributed by atoms with E-state index in [1.807, 2.05) is 79.3 Å². The van der Waals surface area contributed by atoms with Gasteiger partial charge in [0, 0.05) is 25.0 Å². The number of nitrogens with zero attached hydrogens (tertiary/aromatic N) is 6. The summed E-state index contributed by atoms with van der Waals surface area (Å²) in [5.41, 5.74) is 2.96. The molecule has 8 nitrogen and oxygen atoms in total. The SMILES string of the molecule is Cc1ccc(-c2nnn(CC(=O)N[C@H](c3ccccc3)c3nccn3C)n2)cc1. The number of benzene rings is 2. The van der Waals surface area contributed by atoms with Crippen molar-refractivity contribution in [3.8, 4) is 11.4 Å². The zero-order valence-corrected chi connectivity index (χ0v) is 16.2. The van der Waals surface area contributed by atoms with E-state index in [0.29, 0.717) is 5.82 Å². The summed E-state index contributed by atoms with van der Waals surface area (Å²) in [7, 11) is 1.90. The molecule has 8 heteroatoms. The maximum atomic E-state index is 12.7. The minimum absolute atomic E-state index is 0.0351. The van der Waals surface area contributed by atoms with Gasteiger partial charge in [-0.25, -0.2) is 4.98 Å². The number of nitrogens with one attached hydrogen (secondary N) is 1. The normalized spacial score (nSPS) is 11.9. The first-order valence-electron chi connectivity index (χ1n) is 9.26. The van der Waals surface area contributed by atoms with Crippen LogP contribution in [0.15, 0.2) is 67.0 Å². The van der Waals surface area contributed by atoms with Gasteiger partial charge >= 0.3 is 0 Å². The molecule has 0 fully saturated rings. The molecule has 1 amide bonds. The molecule has 0 unspecified atom stereocenters. The summed E-state index contributed by atoms with van der Waals surface area (Å²) in [4.78, 5) is 18.4. The molecule has 2 aromatic heterocycles. The van der Waals surface area contributed by atoms with Crippen LogP contribution in [-0.2, 0) is 18.4 Å². The molecule has 4 rings (SSSR count). The van der Waals surface area contributed by atoms with Gasteiger partial charge in [0.05, 0.1) is 0 Å². The highest BCUT2D eigenvalue weighted by atomic mass is 16.2. The van der Waals surface area contributed by atoms with Gasteiger partial charge in [-0.05, 0) is 17.7 Å². The van der Waals surface area contributed by atoms with Gasteiger partial charge in [0.15, 0.2) is 0 Å². The summed E-state index contributed by atoms with van der Waals surface area (Å²) in [6.45, 7) is 1.98. The third kappa shape index (κ3) is 4.21. The third-order valence-corrected chi connectivity index (χ3v) is 4.60. The Bertz CT molecular complexity index is 1100. The van der Waals surface area contributed by atoms with E-state index in [-0.39, 0.29) is 18.5 Å². The van der Waals surface area contributed by atoms with E-state index >= 15 is 0 Å². The standard InChI is InChI=1S/C21H21N7O/c1-15-8-10-17(11-9-15)20-24-26-28(25-20)14-18(29)23-19(16-6-4-3-5-7-16)21-22-12-13-27(21)2/h3-13,19H,14H2,1-2H3,(H,23,29)/t19-/m1/s1. The fraction of sp³-hybridized carbons (Fsp3) is 0.190. The number of carbonyl (C=O) groups is 1. The molecule has 0 aliphatic carbocycles. The van der Waals surface area contributed by atoms with Gasteiger partial charge in [-0.3, -0.25) is 4.79 Å². The van der Waals surface area contributed by atoms with Crippen molar-refractivity contribution in [3.05, 3.63) is 83.9 Å². The first-order chi connectivity index (χ1) is 14.1. The minimum atomic E-state index is -0.371. The Morgan fingerprint density at radius 2 is 1.86 bits per heavy atom. The number of hydrogen-bond donors (Lipinski definition) is 1. The Morgan fingerprint density at radius 1 is 1.10 bits per heavy atom. The van der Waals surface area contributed by atoms with Crippen molar-refractivity contribution in [2.45, 2.75) is 19.5 Å². The Labute approximate surface area is 168 Å². The van der Waals surface area contributed by atoms with Crippen LogP contribution in [-0.4, -0.2) is 35.7 Å². The summed E-state index contributed by atoms with van der Waals surface area (Å²) in [6.07, 6.45) is 3.56. The van der Waals surface area contributed by atoms with Crippen LogP contribution in [0.3, 0.4) is 0 Å². The molecule has 146 valence electrons. The van der Waals surface area contributed by atoms with E-state index in [1.165, 1.54) is 4.80 Å². The molecule has 0 aliphatic rings. The topological polar surface area (TPSA) is 90.5 Å². The van der Waals surface area contributed by atoms with Crippen LogP contribution in [0.25, 0.3) is 11.4 Å². The van der Waals surface area contributed by atoms with Crippen molar-refractivity contribution in [1.29, 1.82) is 0 Å². The Kier molecular flexibility index (Phi) is 5.15. The molecule has 0 saturated carbocycles. The van der Waals surface area contributed by atoms with E-state index < -0.39 is 0 Å². The number of carbonyl (C=O) groups excluding carboxylic acids is 1. The van der Waals surface area contributed by atoms with Crippen LogP contribution in [0.1, 0.15) is 23.0 Å². The van der Waals surface area contributed by atoms with Crippen molar-refractivity contribution in [2.24, 2.45) is 7.05 Å². The molecular weight excluding hydrogens is 366 g/mol. The fourth-order valence-corrected chi connectivity index (χ4v) is 3.06. The van der Waals surface area contributed by atoms with Crippen molar-refractivity contribution >= 4 is 5.91 Å². The van der Waals surface area contributed by atoms with Gasteiger partial charge in [-0.1, -0.05) is 60.2 Å². The first-order valence-corrected chi connectivity index (χ1v) is 9.26. The lowest BCUT2D eigenvalue weighted by Gasteiger charge is -2.19. The van der Waals surface area contributed by atoms with E-state index in [1.54, 1.807) is 6.20 Å². The number of aryl methyl sites for hydroxylation is 2. The average Bonchev–Trinajstić information content (AvgIpc) is 3.36. The highest BCUT2D eigenvalue weighted by Gasteiger charge is 2.21. The monoisotopic (exact) mass is 387 g/mol. The molecule has 2 heterocycles. The fourth-order valence-electron chi connectivity index (χ4n) is 3.06. The molecule has 0 aliphatic heterocycles. The molecule has 1 N–H and O–H groups in total. The van der Waals surface area contributed by atoms with Crippen molar-refractivity contribution in [1.82, 2.24) is 35.1 Å². The Morgan fingerprint density at radius 3 is 2.55 bits per heavy atom. The van der Waals surface area contributed by atoms with Gasteiger partial charge in [-0.15, -0.1) is 10.2 Å². The molecule has 29 heavy (non-hydrogen) atoms. The summed E-state index contributed by atoms with van der Waals surface area (Å²) in [5, 5.41) is 15.4. The summed E-state index contributed by atoms with van der Waals surface area (Å²) < 4.78 is 1.89. The van der Waals surface area contributed by atoms with Crippen LogP contribution < -0.4 is 5.32 Å². The predicted octanol–water partition coefficient (Wildman–Crippen LogP) is 2.29. The van der Waals surface area contributed by atoms with Crippen LogP contribution in [0, 0.1) is 6.92 Å². The number of amides is 1. The van der Waals surface area contributed by atoms with Crippen LogP contribution >= 0.6 is 0 Å². The summed E-state index contributed by atoms with van der Waals surface area (Å²) in [6, 6.07) is 17.2. The van der Waals surface area contributed by atoms with Gasteiger partial charge in [0.1, 0.15) is 18.4 Å². The molecule has 4 aromatic rings. The average molecular weight is 387 g/mol. The summed E-state index contributed by atoms with van der Waals surface area (Å²) >= 11 is 0. The maximum absolute atomic E-state index is 12.7. The van der Waals surface area contributed by atoms with Crippen molar-refractivity contribution < 1.29 is 4.79 Å². The van der Waals surface area contributed by atoms with E-state index in [0.717, 1.165) is 22.5 Å². The van der Waals surface area contributed by atoms with E-state index in [2.05, 4.69) is 25.7 Å². The second-order valence-corrected chi connectivity index (χ2v) is 6.82. The largest absolute Gasteiger partial charge is 0.340 e.